The second kappa shape index (κ2) is 5.69. The summed E-state index contributed by atoms with van der Waals surface area (Å²) < 4.78 is 0. The molecule has 5 nitrogen and oxygen atoms in total. The molecule has 0 aromatic heterocycles. The van der Waals surface area contributed by atoms with Gasteiger partial charge in [-0.25, -0.2) is 4.79 Å². The number of nitrogens with zero attached hydrogens (tertiary/aromatic N) is 1. The molecule has 1 aliphatic rings. The maximum Gasteiger partial charge on any atom is 0.333 e. The zero-order valence-electron chi connectivity index (χ0n) is 11.4. The van der Waals surface area contributed by atoms with Gasteiger partial charge >= 0.3 is 5.97 Å². The van der Waals surface area contributed by atoms with Crippen LogP contribution in [0.4, 0.5) is 0 Å². The minimum absolute atomic E-state index is 0.124. The van der Waals surface area contributed by atoms with E-state index in [0.717, 1.165) is 5.57 Å². The van der Waals surface area contributed by atoms with Crippen LogP contribution in [0, 0.1) is 0 Å². The molecule has 1 aromatic rings. The van der Waals surface area contributed by atoms with Gasteiger partial charge in [0.1, 0.15) is 0 Å². The van der Waals surface area contributed by atoms with Gasteiger partial charge in [-0.05, 0) is 32.4 Å². The standard InChI is InChI=1S/C15H15NO4/c1-10(2)6-5-9-13(17)20-16-14(18)11-7-3-4-8-12(11)15(16)19/h3-4,6-8H,5,9H2,1-2H3. The molecule has 2 rings (SSSR count). The van der Waals surface area contributed by atoms with Gasteiger partial charge in [-0.1, -0.05) is 28.8 Å². The number of carbonyl (C=O) groups is 3. The Morgan fingerprint density at radius 1 is 1.15 bits per heavy atom. The number of hydrogen-bond donors (Lipinski definition) is 0. The molecule has 0 saturated carbocycles. The van der Waals surface area contributed by atoms with Crippen molar-refractivity contribution in [3.8, 4) is 0 Å². The number of fused-ring (bicyclic) bond motifs is 1. The topological polar surface area (TPSA) is 63.7 Å². The monoisotopic (exact) mass is 273 g/mol. The van der Waals surface area contributed by atoms with Crippen LogP contribution in [0.15, 0.2) is 35.9 Å². The van der Waals surface area contributed by atoms with E-state index < -0.39 is 17.8 Å². The van der Waals surface area contributed by atoms with Gasteiger partial charge in [-0.3, -0.25) is 9.59 Å². The van der Waals surface area contributed by atoms with E-state index in [4.69, 9.17) is 4.84 Å². The summed E-state index contributed by atoms with van der Waals surface area (Å²) in [6, 6.07) is 6.38. The van der Waals surface area contributed by atoms with Gasteiger partial charge in [0, 0.05) is 0 Å². The number of carbonyl (C=O) groups excluding carboxylic acids is 3. The molecule has 2 amide bonds. The van der Waals surface area contributed by atoms with Crippen LogP contribution >= 0.6 is 0 Å². The third-order valence-electron chi connectivity index (χ3n) is 2.85. The van der Waals surface area contributed by atoms with E-state index >= 15 is 0 Å². The highest BCUT2D eigenvalue weighted by Crippen LogP contribution is 2.22. The van der Waals surface area contributed by atoms with Crippen LogP contribution in [-0.2, 0) is 9.63 Å². The quantitative estimate of drug-likeness (QED) is 0.624. The predicted molar refractivity (Wildman–Crippen MR) is 71.7 cm³/mol. The zero-order chi connectivity index (χ0) is 14.7. The largest absolute Gasteiger partial charge is 0.333 e. The minimum atomic E-state index is -0.600. The van der Waals surface area contributed by atoms with Crippen LogP contribution < -0.4 is 0 Å². The van der Waals surface area contributed by atoms with Crippen LogP contribution in [0.2, 0.25) is 0 Å². The predicted octanol–water partition coefficient (Wildman–Crippen LogP) is 2.49. The third-order valence-corrected chi connectivity index (χ3v) is 2.85. The fourth-order valence-corrected chi connectivity index (χ4v) is 1.88. The second-order valence-electron chi connectivity index (χ2n) is 4.73. The summed E-state index contributed by atoms with van der Waals surface area (Å²) >= 11 is 0. The first-order valence-electron chi connectivity index (χ1n) is 6.32. The molecular formula is C15H15NO4. The van der Waals surface area contributed by atoms with Crippen molar-refractivity contribution >= 4 is 17.8 Å². The van der Waals surface area contributed by atoms with Crippen molar-refractivity contribution in [2.24, 2.45) is 0 Å². The normalized spacial score (nSPS) is 13.2. The summed E-state index contributed by atoms with van der Waals surface area (Å²) in [6.45, 7) is 3.85. The molecule has 0 atom stereocenters. The molecular weight excluding hydrogens is 258 g/mol. The first-order chi connectivity index (χ1) is 9.50. The first-order valence-corrected chi connectivity index (χ1v) is 6.32. The lowest BCUT2D eigenvalue weighted by Gasteiger charge is -2.12. The molecule has 0 aliphatic carbocycles. The van der Waals surface area contributed by atoms with Gasteiger partial charge in [0.25, 0.3) is 11.8 Å². The van der Waals surface area contributed by atoms with Crippen LogP contribution in [0.5, 0.6) is 0 Å². The average molecular weight is 273 g/mol. The Kier molecular flexibility index (Phi) is 3.98. The SMILES string of the molecule is CC(C)=CCCC(=O)ON1C(=O)c2ccccc2C1=O. The minimum Gasteiger partial charge on any atom is -0.330 e. The molecule has 0 radical (unpaired) electrons. The number of hydrogen-bond acceptors (Lipinski definition) is 4. The van der Waals surface area contributed by atoms with Crippen LogP contribution in [0.3, 0.4) is 0 Å². The molecule has 0 N–H and O–H groups in total. The summed E-state index contributed by atoms with van der Waals surface area (Å²) in [5.41, 5.74) is 1.61. The Balaban J connectivity index is 2.02. The molecule has 0 bridgehead atoms. The fourth-order valence-electron chi connectivity index (χ4n) is 1.88. The van der Waals surface area contributed by atoms with E-state index in [1.165, 1.54) is 12.1 Å². The van der Waals surface area contributed by atoms with Crippen molar-refractivity contribution in [1.82, 2.24) is 5.06 Å². The number of benzene rings is 1. The highest BCUT2D eigenvalue weighted by atomic mass is 16.7. The molecule has 1 heterocycles. The van der Waals surface area contributed by atoms with Crippen molar-refractivity contribution < 1.29 is 19.2 Å². The van der Waals surface area contributed by atoms with Crippen molar-refractivity contribution in [3.63, 3.8) is 0 Å². The second-order valence-corrected chi connectivity index (χ2v) is 4.73. The summed E-state index contributed by atoms with van der Waals surface area (Å²) in [5.74, 6) is -1.79. The van der Waals surface area contributed by atoms with Gasteiger partial charge in [0.15, 0.2) is 0 Å². The molecule has 5 heteroatoms. The van der Waals surface area contributed by atoms with E-state index in [1.54, 1.807) is 12.1 Å². The van der Waals surface area contributed by atoms with Gasteiger partial charge in [0.2, 0.25) is 0 Å². The summed E-state index contributed by atoms with van der Waals surface area (Å²) in [7, 11) is 0. The first kappa shape index (κ1) is 14.0. The fraction of sp³-hybridized carbons (Fsp3) is 0.267. The molecule has 104 valence electrons. The lowest BCUT2D eigenvalue weighted by atomic mass is 10.1. The Labute approximate surface area is 116 Å². The molecule has 20 heavy (non-hydrogen) atoms. The highest BCUT2D eigenvalue weighted by Gasteiger charge is 2.38. The average Bonchev–Trinajstić information content (AvgIpc) is 2.64. The summed E-state index contributed by atoms with van der Waals surface area (Å²) in [4.78, 5) is 40.4. The molecule has 0 fully saturated rings. The van der Waals surface area contributed by atoms with Crippen molar-refractivity contribution in [2.45, 2.75) is 26.7 Å². The van der Waals surface area contributed by atoms with Crippen molar-refractivity contribution in [3.05, 3.63) is 47.0 Å². The van der Waals surface area contributed by atoms with Gasteiger partial charge < -0.3 is 4.84 Å². The maximum absolute atomic E-state index is 11.9. The molecule has 1 aliphatic heterocycles. The van der Waals surface area contributed by atoms with Gasteiger partial charge in [-0.2, -0.15) is 0 Å². The van der Waals surface area contributed by atoms with Gasteiger partial charge in [-0.15, -0.1) is 0 Å². The van der Waals surface area contributed by atoms with Crippen LogP contribution in [-0.4, -0.2) is 22.8 Å². The van der Waals surface area contributed by atoms with E-state index in [0.29, 0.717) is 11.5 Å². The molecule has 0 spiro atoms. The molecule has 0 saturated heterocycles. The summed E-state index contributed by atoms with van der Waals surface area (Å²) in [5, 5.41) is 0.537. The Hall–Kier alpha value is -2.43. The number of amides is 2. The van der Waals surface area contributed by atoms with E-state index in [9.17, 15) is 14.4 Å². The Morgan fingerprint density at radius 2 is 1.70 bits per heavy atom. The molecule has 0 unspecified atom stereocenters. The maximum atomic E-state index is 11.9. The number of allylic oxidation sites excluding steroid dienone is 2. The van der Waals surface area contributed by atoms with E-state index in [2.05, 4.69) is 0 Å². The van der Waals surface area contributed by atoms with Crippen LogP contribution in [0.25, 0.3) is 0 Å². The highest BCUT2D eigenvalue weighted by molar-refractivity contribution is 6.20. The Bertz CT molecular complexity index is 565. The number of hydroxylamine groups is 2. The van der Waals surface area contributed by atoms with Crippen molar-refractivity contribution in [2.75, 3.05) is 0 Å². The summed E-state index contributed by atoms with van der Waals surface area (Å²) in [6.07, 6.45) is 2.53. The van der Waals surface area contributed by atoms with Crippen molar-refractivity contribution in [1.29, 1.82) is 0 Å². The molecule has 1 aromatic carbocycles. The smallest absolute Gasteiger partial charge is 0.330 e. The van der Waals surface area contributed by atoms with Crippen LogP contribution in [0.1, 0.15) is 47.4 Å². The lowest BCUT2D eigenvalue weighted by Crippen LogP contribution is -2.32. The van der Waals surface area contributed by atoms with E-state index in [-0.39, 0.29) is 17.5 Å². The number of rotatable bonds is 4. The third kappa shape index (κ3) is 2.77. The Morgan fingerprint density at radius 3 is 2.20 bits per heavy atom. The lowest BCUT2D eigenvalue weighted by molar-refractivity contribution is -0.168. The van der Waals surface area contributed by atoms with Gasteiger partial charge in [0.05, 0.1) is 17.5 Å². The zero-order valence-corrected chi connectivity index (χ0v) is 11.4. The van der Waals surface area contributed by atoms with E-state index in [1.807, 2.05) is 19.9 Å². The number of imide groups is 1.